The Labute approximate surface area is 137 Å². The summed E-state index contributed by atoms with van der Waals surface area (Å²) >= 11 is 0. The van der Waals surface area contributed by atoms with Gasteiger partial charge in [0.15, 0.2) is 0 Å². The number of benzene rings is 1. The first-order chi connectivity index (χ1) is 11.3. The molecular formula is C20H22N2O. The molecule has 3 nitrogen and oxygen atoms in total. The third kappa shape index (κ3) is 3.50. The zero-order valence-corrected chi connectivity index (χ0v) is 13.7. The largest absolute Gasteiger partial charge is 0.497 e. The molecule has 3 rings (SSSR count). The Morgan fingerprint density at radius 2 is 2.17 bits per heavy atom. The van der Waals surface area contributed by atoms with Gasteiger partial charge in [0.1, 0.15) is 5.75 Å². The molecule has 0 saturated carbocycles. The number of nitrogens with zero attached hydrogens (tertiary/aromatic N) is 2. The molecule has 0 atom stereocenters. The normalized spacial score (nSPS) is 16.3. The molecule has 2 heterocycles. The molecule has 0 aliphatic carbocycles. The van der Waals surface area contributed by atoms with Crippen molar-refractivity contribution < 1.29 is 4.74 Å². The molecule has 0 radical (unpaired) electrons. The number of hydrogen-bond donors (Lipinski definition) is 0. The summed E-state index contributed by atoms with van der Waals surface area (Å²) in [4.78, 5) is 8.98. The molecular weight excluding hydrogens is 284 g/mol. The van der Waals surface area contributed by atoms with Crippen LogP contribution in [0, 0.1) is 0 Å². The lowest BCUT2D eigenvalue weighted by Crippen LogP contribution is -2.12. The van der Waals surface area contributed by atoms with Gasteiger partial charge in [-0.3, -0.25) is 9.98 Å². The second kappa shape index (κ2) is 7.23. The van der Waals surface area contributed by atoms with E-state index in [1.165, 1.54) is 16.7 Å². The summed E-state index contributed by atoms with van der Waals surface area (Å²) in [7, 11) is 1.71. The van der Waals surface area contributed by atoms with Gasteiger partial charge >= 0.3 is 0 Å². The van der Waals surface area contributed by atoms with Crippen LogP contribution in [0.4, 0.5) is 0 Å². The first-order valence-electron chi connectivity index (χ1n) is 8.14. The van der Waals surface area contributed by atoms with Gasteiger partial charge in [-0.1, -0.05) is 13.0 Å². The van der Waals surface area contributed by atoms with E-state index in [0.29, 0.717) is 0 Å². The molecule has 0 N–H and O–H groups in total. The minimum Gasteiger partial charge on any atom is -0.497 e. The average Bonchev–Trinajstić information content (AvgIpc) is 2.63. The maximum Gasteiger partial charge on any atom is 0.119 e. The fourth-order valence-corrected chi connectivity index (χ4v) is 2.94. The standard InChI is InChI=1S/C20H22N2O/c1-3-15-13-19(23-2)9-8-16(15)12-17-6-5-11-22-20(17)18-7-4-10-21-14-18/h4,7-10,12-14H,3,5-6,11H2,1-2H3/b17-12+. The maximum atomic E-state index is 5.34. The Bertz CT molecular complexity index is 733. The minimum absolute atomic E-state index is 0.894. The summed E-state index contributed by atoms with van der Waals surface area (Å²) in [6.45, 7) is 3.07. The molecule has 0 bridgehead atoms. The summed E-state index contributed by atoms with van der Waals surface area (Å²) in [6.07, 6.45) is 9.12. The molecule has 0 saturated heterocycles. The number of aromatic nitrogens is 1. The third-order valence-electron chi connectivity index (χ3n) is 4.17. The molecule has 3 heteroatoms. The van der Waals surface area contributed by atoms with Crippen LogP contribution in [0.2, 0.25) is 0 Å². The van der Waals surface area contributed by atoms with E-state index in [9.17, 15) is 0 Å². The van der Waals surface area contributed by atoms with Crippen molar-refractivity contribution in [1.29, 1.82) is 0 Å². The molecule has 118 valence electrons. The second-order valence-corrected chi connectivity index (χ2v) is 5.66. The molecule has 0 fully saturated rings. The van der Waals surface area contributed by atoms with Gasteiger partial charge in [0.2, 0.25) is 0 Å². The van der Waals surface area contributed by atoms with Crippen molar-refractivity contribution >= 4 is 11.8 Å². The summed E-state index contributed by atoms with van der Waals surface area (Å²) in [5.74, 6) is 0.911. The number of hydrogen-bond acceptors (Lipinski definition) is 3. The number of methoxy groups -OCH3 is 1. The predicted molar refractivity (Wildman–Crippen MR) is 95.2 cm³/mol. The van der Waals surface area contributed by atoms with E-state index in [2.05, 4.69) is 36.2 Å². The Hall–Kier alpha value is -2.42. The van der Waals surface area contributed by atoms with Gasteiger partial charge in [0.05, 0.1) is 12.8 Å². The number of rotatable bonds is 4. The van der Waals surface area contributed by atoms with Crippen LogP contribution < -0.4 is 4.74 Å². The van der Waals surface area contributed by atoms with Crippen LogP contribution in [-0.4, -0.2) is 24.4 Å². The zero-order valence-electron chi connectivity index (χ0n) is 13.7. The van der Waals surface area contributed by atoms with E-state index in [4.69, 9.17) is 9.73 Å². The van der Waals surface area contributed by atoms with Crippen LogP contribution in [0.3, 0.4) is 0 Å². The average molecular weight is 306 g/mol. The Balaban J connectivity index is 2.00. The molecule has 1 aliphatic rings. The van der Waals surface area contributed by atoms with Gasteiger partial charge < -0.3 is 4.74 Å². The summed E-state index contributed by atoms with van der Waals surface area (Å²) < 4.78 is 5.34. The fourth-order valence-electron chi connectivity index (χ4n) is 2.94. The van der Waals surface area contributed by atoms with E-state index < -0.39 is 0 Å². The summed E-state index contributed by atoms with van der Waals surface area (Å²) in [6, 6.07) is 10.3. The van der Waals surface area contributed by atoms with E-state index in [-0.39, 0.29) is 0 Å². The predicted octanol–water partition coefficient (Wildman–Crippen LogP) is 4.32. The highest BCUT2D eigenvalue weighted by Crippen LogP contribution is 2.25. The Morgan fingerprint density at radius 1 is 1.26 bits per heavy atom. The van der Waals surface area contributed by atoms with Gasteiger partial charge in [-0.25, -0.2) is 0 Å². The number of ether oxygens (including phenoxy) is 1. The maximum absolute atomic E-state index is 5.34. The van der Waals surface area contributed by atoms with E-state index in [1.54, 1.807) is 13.3 Å². The van der Waals surface area contributed by atoms with Gasteiger partial charge in [-0.05, 0) is 66.3 Å². The SMILES string of the molecule is CCc1cc(OC)ccc1/C=C1\CCCN=C1c1cccnc1. The van der Waals surface area contributed by atoms with Crippen LogP contribution in [0.1, 0.15) is 36.5 Å². The smallest absolute Gasteiger partial charge is 0.119 e. The molecule has 0 amide bonds. The van der Waals surface area contributed by atoms with Gasteiger partial charge in [0.25, 0.3) is 0 Å². The fraction of sp³-hybridized carbons (Fsp3) is 0.300. The number of allylic oxidation sites excluding steroid dienone is 1. The summed E-state index contributed by atoms with van der Waals surface area (Å²) in [5, 5.41) is 0. The molecule has 1 aliphatic heterocycles. The first-order valence-corrected chi connectivity index (χ1v) is 8.14. The Kier molecular flexibility index (Phi) is 4.86. The minimum atomic E-state index is 0.894. The van der Waals surface area contributed by atoms with Crippen molar-refractivity contribution in [2.45, 2.75) is 26.2 Å². The van der Waals surface area contributed by atoms with E-state index >= 15 is 0 Å². The van der Waals surface area contributed by atoms with Crippen molar-refractivity contribution in [2.24, 2.45) is 4.99 Å². The van der Waals surface area contributed by atoms with Crippen LogP contribution in [0.25, 0.3) is 6.08 Å². The van der Waals surface area contributed by atoms with Crippen LogP contribution >= 0.6 is 0 Å². The second-order valence-electron chi connectivity index (χ2n) is 5.66. The zero-order chi connectivity index (χ0) is 16.1. The highest BCUT2D eigenvalue weighted by molar-refractivity contribution is 6.15. The quantitative estimate of drug-likeness (QED) is 0.843. The Morgan fingerprint density at radius 3 is 2.91 bits per heavy atom. The van der Waals surface area contributed by atoms with Gasteiger partial charge in [-0.2, -0.15) is 0 Å². The highest BCUT2D eigenvalue weighted by Gasteiger charge is 2.15. The molecule has 0 unspecified atom stereocenters. The van der Waals surface area contributed by atoms with Crippen LogP contribution in [0.15, 0.2) is 53.3 Å². The first kappa shape index (κ1) is 15.5. The molecule has 1 aromatic heterocycles. The lowest BCUT2D eigenvalue weighted by Gasteiger charge is -2.17. The number of pyridine rings is 1. The van der Waals surface area contributed by atoms with E-state index in [1.807, 2.05) is 18.3 Å². The topological polar surface area (TPSA) is 34.5 Å². The van der Waals surface area contributed by atoms with E-state index in [0.717, 1.165) is 42.8 Å². The highest BCUT2D eigenvalue weighted by atomic mass is 16.5. The van der Waals surface area contributed by atoms with Crippen molar-refractivity contribution in [2.75, 3.05) is 13.7 Å². The van der Waals surface area contributed by atoms with Crippen LogP contribution in [-0.2, 0) is 6.42 Å². The number of aryl methyl sites for hydroxylation is 1. The molecule has 2 aromatic rings. The third-order valence-corrected chi connectivity index (χ3v) is 4.17. The monoisotopic (exact) mass is 306 g/mol. The lowest BCUT2D eigenvalue weighted by molar-refractivity contribution is 0.414. The van der Waals surface area contributed by atoms with Crippen molar-refractivity contribution in [3.8, 4) is 5.75 Å². The van der Waals surface area contributed by atoms with Crippen molar-refractivity contribution in [3.05, 3.63) is 65.0 Å². The van der Waals surface area contributed by atoms with Crippen molar-refractivity contribution in [1.82, 2.24) is 4.98 Å². The number of aliphatic imine (C=N–C) groups is 1. The summed E-state index contributed by atoms with van der Waals surface area (Å²) in [5.41, 5.74) is 6.03. The van der Waals surface area contributed by atoms with Crippen LogP contribution in [0.5, 0.6) is 5.75 Å². The lowest BCUT2D eigenvalue weighted by atomic mass is 9.93. The molecule has 1 aromatic carbocycles. The molecule has 23 heavy (non-hydrogen) atoms. The van der Waals surface area contributed by atoms with Crippen molar-refractivity contribution in [3.63, 3.8) is 0 Å². The van der Waals surface area contributed by atoms with Gasteiger partial charge in [-0.15, -0.1) is 0 Å². The van der Waals surface area contributed by atoms with Gasteiger partial charge in [0, 0.05) is 24.5 Å². The molecule has 0 spiro atoms.